The van der Waals surface area contributed by atoms with Gasteiger partial charge in [-0.2, -0.15) is 0 Å². The van der Waals surface area contributed by atoms with Crippen LogP contribution in [0.5, 0.6) is 0 Å². The van der Waals surface area contributed by atoms with Gasteiger partial charge in [-0.1, -0.05) is 40.0 Å². The quantitative estimate of drug-likeness (QED) is 0.860. The monoisotopic (exact) mass is 359 g/mol. The molecule has 0 radical (unpaired) electrons. The van der Waals surface area contributed by atoms with Crippen LogP contribution in [0.25, 0.3) is 0 Å². The Labute approximate surface area is 133 Å². The smallest absolute Gasteiger partial charge is 0.304 e. The summed E-state index contributed by atoms with van der Waals surface area (Å²) in [5.41, 5.74) is 1.06. The molecule has 1 aromatic carbocycles. The van der Waals surface area contributed by atoms with E-state index in [9.17, 15) is 4.79 Å². The van der Waals surface area contributed by atoms with Crippen LogP contribution in [0.4, 0.5) is 0 Å². The van der Waals surface area contributed by atoms with Crippen LogP contribution in [-0.2, 0) is 4.79 Å². The zero-order chi connectivity index (χ0) is 14.7. The van der Waals surface area contributed by atoms with Crippen molar-refractivity contribution >= 4 is 33.5 Å². The molecule has 2 rings (SSSR count). The van der Waals surface area contributed by atoms with Crippen LogP contribution in [0, 0.1) is 0 Å². The first-order valence-electron chi connectivity index (χ1n) is 6.91. The van der Waals surface area contributed by atoms with E-state index >= 15 is 0 Å². The number of likely N-dealkylation sites (tertiary alicyclic amines) is 1. The van der Waals surface area contributed by atoms with Crippen LogP contribution in [0.15, 0.2) is 22.7 Å². The van der Waals surface area contributed by atoms with E-state index in [-0.39, 0.29) is 18.5 Å². The highest BCUT2D eigenvalue weighted by Gasteiger charge is 2.29. The third kappa shape index (κ3) is 3.74. The third-order valence-electron chi connectivity index (χ3n) is 3.99. The van der Waals surface area contributed by atoms with Crippen molar-refractivity contribution in [3.63, 3.8) is 0 Å². The van der Waals surface area contributed by atoms with Gasteiger partial charge < -0.3 is 5.11 Å². The molecule has 20 heavy (non-hydrogen) atoms. The van der Waals surface area contributed by atoms with E-state index in [1.807, 2.05) is 18.2 Å². The maximum Gasteiger partial charge on any atom is 0.304 e. The Morgan fingerprint density at radius 1 is 1.55 bits per heavy atom. The summed E-state index contributed by atoms with van der Waals surface area (Å²) in [7, 11) is 0. The first kappa shape index (κ1) is 15.8. The van der Waals surface area contributed by atoms with Gasteiger partial charge in [0.15, 0.2) is 0 Å². The molecule has 2 atom stereocenters. The van der Waals surface area contributed by atoms with Crippen molar-refractivity contribution in [2.45, 2.75) is 44.7 Å². The molecule has 1 aromatic rings. The predicted octanol–water partition coefficient (Wildman–Crippen LogP) is 4.49. The fourth-order valence-electron chi connectivity index (χ4n) is 2.97. The second kappa shape index (κ2) is 6.92. The lowest BCUT2D eigenvalue weighted by molar-refractivity contribution is -0.139. The van der Waals surface area contributed by atoms with Crippen molar-refractivity contribution < 1.29 is 9.90 Å². The Bertz CT molecular complexity index is 495. The van der Waals surface area contributed by atoms with Crippen molar-refractivity contribution in [2.75, 3.05) is 6.54 Å². The Balaban J connectivity index is 2.20. The summed E-state index contributed by atoms with van der Waals surface area (Å²) in [4.78, 5) is 13.3. The van der Waals surface area contributed by atoms with E-state index in [2.05, 4.69) is 27.8 Å². The number of benzene rings is 1. The van der Waals surface area contributed by atoms with Crippen LogP contribution < -0.4 is 0 Å². The number of piperidine rings is 1. The molecule has 3 nitrogen and oxygen atoms in total. The largest absolute Gasteiger partial charge is 0.481 e. The molecule has 0 saturated carbocycles. The molecule has 1 heterocycles. The van der Waals surface area contributed by atoms with Crippen molar-refractivity contribution in [1.82, 2.24) is 4.90 Å². The Hall–Kier alpha value is -0.580. The Kier molecular flexibility index (Phi) is 5.47. The van der Waals surface area contributed by atoms with E-state index in [1.54, 1.807) is 0 Å². The minimum atomic E-state index is -0.726. The molecule has 1 fully saturated rings. The van der Waals surface area contributed by atoms with E-state index in [0.717, 1.165) is 40.9 Å². The second-order valence-electron chi connectivity index (χ2n) is 5.33. The van der Waals surface area contributed by atoms with Crippen LogP contribution in [-0.4, -0.2) is 28.6 Å². The van der Waals surface area contributed by atoms with Crippen molar-refractivity contribution in [3.05, 3.63) is 33.3 Å². The topological polar surface area (TPSA) is 40.5 Å². The summed E-state index contributed by atoms with van der Waals surface area (Å²) in [6.45, 7) is 3.04. The number of rotatable bonds is 4. The highest BCUT2D eigenvalue weighted by molar-refractivity contribution is 9.10. The highest BCUT2D eigenvalue weighted by Crippen LogP contribution is 2.34. The van der Waals surface area contributed by atoms with Gasteiger partial charge in [-0.15, -0.1) is 0 Å². The molecule has 0 aromatic heterocycles. The third-order valence-corrected chi connectivity index (χ3v) is 4.81. The lowest BCUT2D eigenvalue weighted by atomic mass is 9.95. The minimum Gasteiger partial charge on any atom is -0.481 e. The molecule has 1 aliphatic heterocycles. The van der Waals surface area contributed by atoms with Crippen LogP contribution in [0.1, 0.15) is 44.2 Å². The van der Waals surface area contributed by atoms with E-state index in [4.69, 9.17) is 16.7 Å². The molecule has 0 spiro atoms. The average Bonchev–Trinajstić information content (AvgIpc) is 2.38. The number of aliphatic carboxylic acids is 1. The van der Waals surface area contributed by atoms with Gasteiger partial charge in [-0.3, -0.25) is 9.69 Å². The molecular formula is C15H19BrClNO2. The summed E-state index contributed by atoms with van der Waals surface area (Å²) >= 11 is 9.73. The van der Waals surface area contributed by atoms with Gasteiger partial charge in [0.25, 0.3) is 0 Å². The van der Waals surface area contributed by atoms with E-state index in [0.29, 0.717) is 0 Å². The standard InChI is InChI=1S/C15H19BrClNO2/c1-10(13-6-5-11(16)8-14(13)17)18-7-3-2-4-12(18)9-15(19)20/h5-6,8,10,12H,2-4,7,9H2,1H3,(H,19,20). The number of hydrogen-bond donors (Lipinski definition) is 1. The van der Waals surface area contributed by atoms with Crippen molar-refractivity contribution in [2.24, 2.45) is 0 Å². The van der Waals surface area contributed by atoms with Crippen LogP contribution >= 0.6 is 27.5 Å². The van der Waals surface area contributed by atoms with Crippen LogP contribution in [0.2, 0.25) is 5.02 Å². The molecule has 0 aliphatic carbocycles. The van der Waals surface area contributed by atoms with Gasteiger partial charge in [0.05, 0.1) is 6.42 Å². The molecule has 2 unspecified atom stereocenters. The molecule has 1 saturated heterocycles. The van der Waals surface area contributed by atoms with Gasteiger partial charge >= 0.3 is 5.97 Å². The van der Waals surface area contributed by atoms with Crippen LogP contribution in [0.3, 0.4) is 0 Å². The fourth-order valence-corrected chi connectivity index (χ4v) is 3.80. The summed E-state index contributed by atoms with van der Waals surface area (Å²) < 4.78 is 0.958. The first-order valence-corrected chi connectivity index (χ1v) is 8.08. The number of halogens is 2. The SMILES string of the molecule is CC(c1ccc(Br)cc1Cl)N1CCCCC1CC(=O)O. The average molecular weight is 361 g/mol. The Morgan fingerprint density at radius 2 is 2.30 bits per heavy atom. The van der Waals surface area contributed by atoms with E-state index in [1.165, 1.54) is 0 Å². The molecular weight excluding hydrogens is 342 g/mol. The minimum absolute atomic E-state index is 0.107. The maximum atomic E-state index is 11.0. The molecule has 1 N–H and O–H groups in total. The molecule has 110 valence electrons. The zero-order valence-corrected chi connectivity index (χ0v) is 13.8. The van der Waals surface area contributed by atoms with Gasteiger partial charge in [-0.05, 0) is 44.0 Å². The number of nitrogens with zero attached hydrogens (tertiary/aromatic N) is 1. The number of carboxylic acids is 1. The molecule has 1 aliphatic rings. The predicted molar refractivity (Wildman–Crippen MR) is 84.2 cm³/mol. The van der Waals surface area contributed by atoms with Crippen molar-refractivity contribution in [3.8, 4) is 0 Å². The fraction of sp³-hybridized carbons (Fsp3) is 0.533. The number of carbonyl (C=O) groups is 1. The normalized spacial score (nSPS) is 21.6. The first-order chi connectivity index (χ1) is 9.49. The molecule has 0 bridgehead atoms. The van der Waals surface area contributed by atoms with E-state index < -0.39 is 5.97 Å². The molecule has 5 heteroatoms. The highest BCUT2D eigenvalue weighted by atomic mass is 79.9. The summed E-state index contributed by atoms with van der Waals surface area (Å²) in [6.07, 6.45) is 3.38. The second-order valence-corrected chi connectivity index (χ2v) is 6.65. The van der Waals surface area contributed by atoms with Crippen molar-refractivity contribution in [1.29, 1.82) is 0 Å². The lowest BCUT2D eigenvalue weighted by Gasteiger charge is -2.39. The van der Waals surface area contributed by atoms with Gasteiger partial charge in [0, 0.05) is 21.6 Å². The lowest BCUT2D eigenvalue weighted by Crippen LogP contribution is -2.42. The van der Waals surface area contributed by atoms with Gasteiger partial charge in [-0.25, -0.2) is 0 Å². The Morgan fingerprint density at radius 3 is 2.95 bits per heavy atom. The number of carboxylic acid groups (broad SMARTS) is 1. The zero-order valence-electron chi connectivity index (χ0n) is 11.5. The van der Waals surface area contributed by atoms with Gasteiger partial charge in [0.2, 0.25) is 0 Å². The maximum absolute atomic E-state index is 11.0. The summed E-state index contributed by atoms with van der Waals surface area (Å²) in [6, 6.07) is 6.14. The summed E-state index contributed by atoms with van der Waals surface area (Å²) in [5, 5.41) is 9.80. The number of hydrogen-bond acceptors (Lipinski definition) is 2. The molecule has 0 amide bonds. The van der Waals surface area contributed by atoms with Gasteiger partial charge in [0.1, 0.15) is 0 Å². The summed E-state index contributed by atoms with van der Waals surface area (Å²) in [5.74, 6) is -0.726.